The molecule has 2 rings (SSSR count). The summed E-state index contributed by atoms with van der Waals surface area (Å²) in [6, 6.07) is 7.59. The Kier molecular flexibility index (Phi) is 7.72. The number of benzene rings is 2. The van der Waals surface area contributed by atoms with Crippen molar-refractivity contribution in [1.29, 1.82) is 0 Å². The van der Waals surface area contributed by atoms with E-state index in [1.165, 1.54) is 31.0 Å². The van der Waals surface area contributed by atoms with Crippen molar-refractivity contribution >= 4 is 39.1 Å². The molecule has 0 bridgehead atoms. The zero-order valence-electron chi connectivity index (χ0n) is 15.9. The molecule has 29 heavy (non-hydrogen) atoms. The molecule has 0 radical (unpaired) electrons. The molecule has 0 aliphatic heterocycles. The lowest BCUT2D eigenvalue weighted by atomic mass is 10.2. The van der Waals surface area contributed by atoms with E-state index >= 15 is 0 Å². The highest BCUT2D eigenvalue weighted by atomic mass is 35.5. The maximum absolute atomic E-state index is 13.1. The van der Waals surface area contributed by atoms with Gasteiger partial charge in [0.05, 0.1) is 17.7 Å². The standard InChI is InChI=1S/C18H20ClF3N2O3S2/c1-24(2)9-10-28-16-6-4-5-15(27-3)17(16)29(25,26)23-12-7-8-14(19)13(11-12)18(20,21)22/h4-8,11,23H,9-10H2,1-3H3. The van der Waals surface area contributed by atoms with Crippen LogP contribution in [0.3, 0.4) is 0 Å². The second-order valence-electron chi connectivity index (χ2n) is 6.24. The molecule has 0 aliphatic rings. The number of methoxy groups -OCH3 is 1. The lowest BCUT2D eigenvalue weighted by Crippen LogP contribution is -2.17. The zero-order valence-corrected chi connectivity index (χ0v) is 18.3. The minimum Gasteiger partial charge on any atom is -0.495 e. The Morgan fingerprint density at radius 2 is 1.90 bits per heavy atom. The molecule has 0 fully saturated rings. The van der Waals surface area contributed by atoms with Crippen LogP contribution in [0.4, 0.5) is 18.9 Å². The molecule has 0 saturated carbocycles. The predicted molar refractivity (Wildman–Crippen MR) is 110 cm³/mol. The van der Waals surface area contributed by atoms with Crippen LogP contribution in [0.25, 0.3) is 0 Å². The summed E-state index contributed by atoms with van der Waals surface area (Å²) in [4.78, 5) is 2.25. The first-order valence-electron chi connectivity index (χ1n) is 8.30. The van der Waals surface area contributed by atoms with Gasteiger partial charge < -0.3 is 9.64 Å². The van der Waals surface area contributed by atoms with Crippen LogP contribution >= 0.6 is 23.4 Å². The second kappa shape index (κ2) is 9.46. The Morgan fingerprint density at radius 1 is 1.21 bits per heavy atom. The van der Waals surface area contributed by atoms with Crippen LogP contribution in [0.2, 0.25) is 5.02 Å². The highest BCUT2D eigenvalue weighted by Gasteiger charge is 2.34. The van der Waals surface area contributed by atoms with Crippen molar-refractivity contribution in [2.75, 3.05) is 38.2 Å². The third-order valence-electron chi connectivity index (χ3n) is 3.75. The van der Waals surface area contributed by atoms with Gasteiger partial charge in [0.2, 0.25) is 0 Å². The number of halogens is 4. The van der Waals surface area contributed by atoms with Crippen LogP contribution in [0.15, 0.2) is 46.2 Å². The second-order valence-corrected chi connectivity index (χ2v) is 9.40. The fraction of sp³-hybridized carbons (Fsp3) is 0.333. The lowest BCUT2D eigenvalue weighted by molar-refractivity contribution is -0.137. The Balaban J connectivity index is 2.43. The molecule has 0 aromatic heterocycles. The molecule has 2 aromatic carbocycles. The molecule has 0 atom stereocenters. The third-order valence-corrected chi connectivity index (χ3v) is 6.71. The average Bonchev–Trinajstić information content (AvgIpc) is 2.61. The minimum atomic E-state index is -4.71. The van der Waals surface area contributed by atoms with E-state index in [1.54, 1.807) is 12.1 Å². The van der Waals surface area contributed by atoms with Gasteiger partial charge in [-0.2, -0.15) is 13.2 Å². The number of nitrogens with zero attached hydrogens (tertiary/aromatic N) is 1. The van der Waals surface area contributed by atoms with Gasteiger partial charge in [-0.05, 0) is 44.4 Å². The number of thioether (sulfide) groups is 1. The Labute approximate surface area is 177 Å². The van der Waals surface area contributed by atoms with Gasteiger partial charge in [0, 0.05) is 22.9 Å². The topological polar surface area (TPSA) is 58.6 Å². The highest BCUT2D eigenvalue weighted by Crippen LogP contribution is 2.38. The van der Waals surface area contributed by atoms with Gasteiger partial charge in [0.15, 0.2) is 0 Å². The van der Waals surface area contributed by atoms with Gasteiger partial charge in [-0.1, -0.05) is 17.7 Å². The molecule has 11 heteroatoms. The SMILES string of the molecule is COc1cccc(SCCN(C)C)c1S(=O)(=O)Nc1ccc(Cl)c(C(F)(F)F)c1. The summed E-state index contributed by atoms with van der Waals surface area (Å²) < 4.78 is 72.7. The molecular formula is C18H20ClF3N2O3S2. The molecule has 2 aromatic rings. The fourth-order valence-corrected chi connectivity index (χ4v) is 5.49. The molecule has 0 spiro atoms. The first-order chi connectivity index (χ1) is 13.5. The number of nitrogens with one attached hydrogen (secondary N) is 1. The van der Waals surface area contributed by atoms with E-state index in [-0.39, 0.29) is 16.3 Å². The van der Waals surface area contributed by atoms with E-state index in [2.05, 4.69) is 4.72 Å². The van der Waals surface area contributed by atoms with Crippen molar-refractivity contribution in [3.8, 4) is 5.75 Å². The number of alkyl halides is 3. The number of anilines is 1. The maximum atomic E-state index is 13.1. The third kappa shape index (κ3) is 6.18. The van der Waals surface area contributed by atoms with Gasteiger partial charge in [-0.25, -0.2) is 8.42 Å². The van der Waals surface area contributed by atoms with Crippen molar-refractivity contribution in [3.05, 3.63) is 47.0 Å². The zero-order chi connectivity index (χ0) is 21.8. The van der Waals surface area contributed by atoms with Gasteiger partial charge in [-0.15, -0.1) is 11.8 Å². The quantitative estimate of drug-likeness (QED) is 0.563. The molecule has 0 aliphatic carbocycles. The smallest absolute Gasteiger partial charge is 0.417 e. The Bertz CT molecular complexity index is 967. The van der Waals surface area contributed by atoms with E-state index in [4.69, 9.17) is 16.3 Å². The summed E-state index contributed by atoms with van der Waals surface area (Å²) in [5, 5.41) is -0.516. The first kappa shape index (κ1) is 23.7. The number of sulfonamides is 1. The van der Waals surface area contributed by atoms with Gasteiger partial charge >= 0.3 is 6.18 Å². The number of hydrogen-bond donors (Lipinski definition) is 1. The van der Waals surface area contributed by atoms with Crippen molar-refractivity contribution in [3.63, 3.8) is 0 Å². The summed E-state index contributed by atoms with van der Waals surface area (Å²) in [7, 11) is 0.880. The molecule has 5 nitrogen and oxygen atoms in total. The van der Waals surface area contributed by atoms with Crippen LogP contribution in [0, 0.1) is 0 Å². The summed E-state index contributed by atoms with van der Waals surface area (Å²) >= 11 is 6.91. The van der Waals surface area contributed by atoms with Gasteiger partial charge in [0.1, 0.15) is 10.6 Å². The first-order valence-corrected chi connectivity index (χ1v) is 11.1. The predicted octanol–water partition coefficient (Wildman–Crippen LogP) is 4.82. The van der Waals surface area contributed by atoms with E-state index < -0.39 is 26.8 Å². The maximum Gasteiger partial charge on any atom is 0.417 e. The Morgan fingerprint density at radius 3 is 2.48 bits per heavy atom. The summed E-state index contributed by atoms with van der Waals surface area (Å²) in [5.41, 5.74) is -1.38. The van der Waals surface area contributed by atoms with Crippen LogP contribution in [-0.4, -0.2) is 46.8 Å². The van der Waals surface area contributed by atoms with Crippen LogP contribution in [-0.2, 0) is 16.2 Å². The van der Waals surface area contributed by atoms with Crippen molar-refractivity contribution in [2.45, 2.75) is 16.0 Å². The summed E-state index contributed by atoms with van der Waals surface area (Å²) in [6.45, 7) is 0.709. The summed E-state index contributed by atoms with van der Waals surface area (Å²) in [6.07, 6.45) is -4.71. The van der Waals surface area contributed by atoms with Crippen LogP contribution < -0.4 is 9.46 Å². The molecule has 1 N–H and O–H groups in total. The largest absolute Gasteiger partial charge is 0.495 e. The number of hydrogen-bond acceptors (Lipinski definition) is 5. The van der Waals surface area contributed by atoms with Crippen molar-refractivity contribution < 1.29 is 26.3 Å². The highest BCUT2D eigenvalue weighted by molar-refractivity contribution is 8.00. The van der Waals surface area contributed by atoms with E-state index in [1.807, 2.05) is 19.0 Å². The lowest BCUT2D eigenvalue weighted by Gasteiger charge is -2.17. The van der Waals surface area contributed by atoms with Crippen LogP contribution in [0.5, 0.6) is 5.75 Å². The molecule has 0 saturated heterocycles. The number of ether oxygens (including phenoxy) is 1. The Hall–Kier alpha value is -1.62. The van der Waals surface area contributed by atoms with Crippen molar-refractivity contribution in [2.24, 2.45) is 0 Å². The van der Waals surface area contributed by atoms with E-state index in [9.17, 15) is 21.6 Å². The van der Waals surface area contributed by atoms with E-state index in [0.29, 0.717) is 23.3 Å². The van der Waals surface area contributed by atoms with Crippen LogP contribution in [0.1, 0.15) is 5.56 Å². The fourth-order valence-electron chi connectivity index (χ4n) is 2.39. The molecular weight excluding hydrogens is 449 g/mol. The normalized spacial score (nSPS) is 12.3. The minimum absolute atomic E-state index is 0.0948. The van der Waals surface area contributed by atoms with Gasteiger partial charge in [0.25, 0.3) is 10.0 Å². The van der Waals surface area contributed by atoms with E-state index in [0.717, 1.165) is 6.07 Å². The molecule has 0 unspecified atom stereocenters. The summed E-state index contributed by atoms with van der Waals surface area (Å²) in [5.74, 6) is 0.708. The van der Waals surface area contributed by atoms with Crippen molar-refractivity contribution in [1.82, 2.24) is 4.90 Å². The average molecular weight is 469 g/mol. The molecule has 0 heterocycles. The molecule has 160 valence electrons. The van der Waals surface area contributed by atoms with Gasteiger partial charge in [-0.3, -0.25) is 4.72 Å². The number of rotatable bonds is 8. The molecule has 0 amide bonds. The monoisotopic (exact) mass is 468 g/mol.